The van der Waals surface area contributed by atoms with E-state index < -0.39 is 0 Å². The maximum absolute atomic E-state index is 13.5. The fourth-order valence-corrected chi connectivity index (χ4v) is 5.03. The first-order valence-electron chi connectivity index (χ1n) is 8.86. The highest BCUT2D eigenvalue weighted by atomic mass is 32.2. The molecule has 4 rings (SSSR count). The summed E-state index contributed by atoms with van der Waals surface area (Å²) in [5.74, 6) is 0.0772. The summed E-state index contributed by atoms with van der Waals surface area (Å²) in [6.45, 7) is 3.45. The number of nitrogens with zero attached hydrogens (tertiary/aromatic N) is 2. The second-order valence-corrected chi connectivity index (χ2v) is 8.41. The van der Waals surface area contributed by atoms with Crippen molar-refractivity contribution in [2.45, 2.75) is 18.9 Å². The molecule has 0 N–H and O–H groups in total. The fourth-order valence-electron chi connectivity index (χ4n) is 2.99. The van der Waals surface area contributed by atoms with Crippen LogP contribution in [-0.4, -0.2) is 21.5 Å². The van der Waals surface area contributed by atoms with Crippen LogP contribution in [0.15, 0.2) is 52.9 Å². The van der Waals surface area contributed by atoms with Gasteiger partial charge in [0.2, 0.25) is 0 Å². The third kappa shape index (κ3) is 4.06. The lowest BCUT2D eigenvalue weighted by molar-refractivity contribution is 0.102. The maximum atomic E-state index is 13.5. The molecule has 146 valence electrons. The molecule has 0 aliphatic carbocycles. The lowest BCUT2D eigenvalue weighted by Crippen LogP contribution is -2.04. The van der Waals surface area contributed by atoms with E-state index in [9.17, 15) is 13.6 Å². The number of aromatic nitrogens is 2. The van der Waals surface area contributed by atoms with E-state index in [4.69, 9.17) is 0 Å². The number of benzene rings is 2. The number of aryl methyl sites for hydroxylation is 2. The normalized spacial score (nSPS) is 11.2. The molecule has 0 aliphatic rings. The number of halogens is 2. The van der Waals surface area contributed by atoms with Crippen LogP contribution in [-0.2, 0) is 0 Å². The minimum Gasteiger partial charge on any atom is -0.293 e. The summed E-state index contributed by atoms with van der Waals surface area (Å²) in [5, 5.41) is 3.54. The quantitative estimate of drug-likeness (QED) is 0.216. The van der Waals surface area contributed by atoms with Crippen molar-refractivity contribution in [3.05, 3.63) is 76.4 Å². The molecule has 0 aliphatic heterocycles. The van der Waals surface area contributed by atoms with Gasteiger partial charge in [0.15, 0.2) is 5.78 Å². The number of thioether (sulfide) groups is 1. The van der Waals surface area contributed by atoms with Gasteiger partial charge in [0.25, 0.3) is 0 Å². The predicted molar refractivity (Wildman–Crippen MR) is 114 cm³/mol. The molecule has 3 nitrogen and oxygen atoms in total. The van der Waals surface area contributed by atoms with Crippen molar-refractivity contribution in [1.82, 2.24) is 9.97 Å². The Balaban J connectivity index is 1.67. The molecule has 0 amide bonds. The molecule has 0 bridgehead atoms. The number of hydrogen-bond acceptors (Lipinski definition) is 5. The Bertz CT molecular complexity index is 1220. The molecular weight excluding hydrogens is 410 g/mol. The van der Waals surface area contributed by atoms with Gasteiger partial charge in [-0.15, -0.1) is 11.3 Å². The summed E-state index contributed by atoms with van der Waals surface area (Å²) in [7, 11) is 0. The van der Waals surface area contributed by atoms with Gasteiger partial charge in [0.1, 0.15) is 27.3 Å². The van der Waals surface area contributed by atoms with Crippen molar-refractivity contribution >= 4 is 39.1 Å². The Labute approximate surface area is 174 Å². The number of ketones is 1. The van der Waals surface area contributed by atoms with Gasteiger partial charge in [-0.3, -0.25) is 4.79 Å². The van der Waals surface area contributed by atoms with E-state index in [0.29, 0.717) is 22.0 Å². The summed E-state index contributed by atoms with van der Waals surface area (Å²) < 4.78 is 26.8. The molecule has 0 radical (unpaired) electrons. The molecule has 0 atom stereocenters. The number of hydrogen-bond donors (Lipinski definition) is 0. The topological polar surface area (TPSA) is 42.9 Å². The van der Waals surface area contributed by atoms with Crippen molar-refractivity contribution in [2.75, 3.05) is 5.75 Å². The number of fused-ring (bicyclic) bond motifs is 1. The maximum Gasteiger partial charge on any atom is 0.173 e. The summed E-state index contributed by atoms with van der Waals surface area (Å²) in [4.78, 5) is 22.5. The summed E-state index contributed by atoms with van der Waals surface area (Å²) in [6, 6.07) is 10.7. The van der Waals surface area contributed by atoms with Crippen LogP contribution in [0.25, 0.3) is 21.3 Å². The highest BCUT2D eigenvalue weighted by molar-refractivity contribution is 8.00. The first-order chi connectivity index (χ1) is 13.9. The minimum absolute atomic E-state index is 0.0962. The van der Waals surface area contributed by atoms with Crippen LogP contribution in [0, 0.1) is 25.5 Å². The molecule has 0 fully saturated rings. The van der Waals surface area contributed by atoms with Gasteiger partial charge < -0.3 is 0 Å². The second kappa shape index (κ2) is 8.00. The zero-order valence-electron chi connectivity index (χ0n) is 15.7. The van der Waals surface area contributed by atoms with Gasteiger partial charge in [0, 0.05) is 16.5 Å². The van der Waals surface area contributed by atoms with Gasteiger partial charge in [-0.2, -0.15) is 0 Å². The van der Waals surface area contributed by atoms with Crippen LogP contribution in [0.5, 0.6) is 0 Å². The molecule has 0 spiro atoms. The molecule has 0 saturated heterocycles. The Morgan fingerprint density at radius 1 is 1.07 bits per heavy atom. The second-order valence-electron chi connectivity index (χ2n) is 6.59. The molecule has 2 aromatic heterocycles. The first kappa shape index (κ1) is 19.7. The molecule has 0 saturated carbocycles. The van der Waals surface area contributed by atoms with Crippen LogP contribution in [0.4, 0.5) is 8.78 Å². The molecule has 2 heterocycles. The van der Waals surface area contributed by atoms with Crippen LogP contribution < -0.4 is 0 Å². The zero-order chi connectivity index (χ0) is 20.5. The predicted octanol–water partition coefficient (Wildman–Crippen LogP) is 6.23. The smallest absolute Gasteiger partial charge is 0.173 e. The van der Waals surface area contributed by atoms with Crippen molar-refractivity contribution in [3.63, 3.8) is 0 Å². The molecule has 4 aromatic rings. The van der Waals surface area contributed by atoms with E-state index in [1.54, 1.807) is 25.1 Å². The standard InChI is InChI=1S/C22H16F2N2OS2/c1-12-9-15(5-8-18(12)24)19(27)11-29-22-20-17(14-3-6-16(23)7-4-14)10-28-21(20)25-13(2)26-22/h3-10H,11H2,1-2H3. The third-order valence-electron chi connectivity index (χ3n) is 4.49. The Morgan fingerprint density at radius 3 is 2.55 bits per heavy atom. The van der Waals surface area contributed by atoms with Crippen LogP contribution in [0.3, 0.4) is 0 Å². The van der Waals surface area contributed by atoms with Crippen LogP contribution in [0.2, 0.25) is 0 Å². The number of Topliss-reactive ketones (excluding diaryl/α,β-unsaturated/α-hetero) is 1. The fraction of sp³-hybridized carbons (Fsp3) is 0.136. The Morgan fingerprint density at radius 2 is 1.83 bits per heavy atom. The molecule has 0 unspecified atom stereocenters. The number of thiophene rings is 1. The molecular formula is C22H16F2N2OS2. The van der Waals surface area contributed by atoms with Gasteiger partial charge in [-0.1, -0.05) is 23.9 Å². The first-order valence-corrected chi connectivity index (χ1v) is 10.7. The monoisotopic (exact) mass is 426 g/mol. The number of rotatable bonds is 5. The van der Waals surface area contributed by atoms with E-state index in [-0.39, 0.29) is 23.2 Å². The highest BCUT2D eigenvalue weighted by Gasteiger charge is 2.17. The summed E-state index contributed by atoms with van der Waals surface area (Å²) >= 11 is 2.82. The lowest BCUT2D eigenvalue weighted by Gasteiger charge is -2.07. The highest BCUT2D eigenvalue weighted by Crippen LogP contribution is 2.38. The van der Waals surface area contributed by atoms with Gasteiger partial charge in [0.05, 0.1) is 11.1 Å². The van der Waals surface area contributed by atoms with E-state index >= 15 is 0 Å². The molecule has 29 heavy (non-hydrogen) atoms. The number of carbonyl (C=O) groups excluding carboxylic acids is 1. The van der Waals surface area contributed by atoms with Crippen LogP contribution >= 0.6 is 23.1 Å². The van der Waals surface area contributed by atoms with E-state index in [1.807, 2.05) is 12.3 Å². The van der Waals surface area contributed by atoms with Crippen molar-refractivity contribution in [3.8, 4) is 11.1 Å². The average molecular weight is 427 g/mol. The summed E-state index contributed by atoms with van der Waals surface area (Å²) in [6.07, 6.45) is 0. The number of carbonyl (C=O) groups is 1. The van der Waals surface area contributed by atoms with Crippen molar-refractivity contribution < 1.29 is 13.6 Å². The van der Waals surface area contributed by atoms with E-state index in [1.165, 1.54) is 47.4 Å². The van der Waals surface area contributed by atoms with E-state index in [2.05, 4.69) is 9.97 Å². The Kier molecular flexibility index (Phi) is 5.43. The Hall–Kier alpha value is -2.64. The zero-order valence-corrected chi connectivity index (χ0v) is 17.3. The van der Waals surface area contributed by atoms with Gasteiger partial charge >= 0.3 is 0 Å². The van der Waals surface area contributed by atoms with Crippen molar-refractivity contribution in [1.29, 1.82) is 0 Å². The minimum atomic E-state index is -0.329. The lowest BCUT2D eigenvalue weighted by atomic mass is 10.1. The largest absolute Gasteiger partial charge is 0.293 e. The van der Waals surface area contributed by atoms with Crippen molar-refractivity contribution in [2.24, 2.45) is 0 Å². The van der Waals surface area contributed by atoms with Gasteiger partial charge in [-0.05, 0) is 55.3 Å². The van der Waals surface area contributed by atoms with Crippen LogP contribution in [0.1, 0.15) is 21.7 Å². The molecule has 7 heteroatoms. The third-order valence-corrected chi connectivity index (χ3v) is 6.33. The summed E-state index contributed by atoms with van der Waals surface area (Å²) in [5.41, 5.74) is 2.70. The molecule has 2 aromatic carbocycles. The SMILES string of the molecule is Cc1nc(SCC(=O)c2ccc(F)c(C)c2)c2c(-c3ccc(F)cc3)csc2n1. The average Bonchev–Trinajstić information content (AvgIpc) is 3.12. The van der Waals surface area contributed by atoms with E-state index in [0.717, 1.165) is 21.3 Å². The van der Waals surface area contributed by atoms with Gasteiger partial charge in [-0.25, -0.2) is 18.7 Å².